The molecule has 0 saturated heterocycles. The molecule has 0 bridgehead atoms. The summed E-state index contributed by atoms with van der Waals surface area (Å²) >= 11 is 0. The van der Waals surface area contributed by atoms with E-state index in [1.54, 1.807) is 11.9 Å². The predicted octanol–water partition coefficient (Wildman–Crippen LogP) is 7.75. The molecule has 2 aliphatic rings. The Labute approximate surface area is 257 Å². The SMILES string of the molecule is CC(C)c1cccc2cc(CN(Cc3cc(C(F)(F)F)cc(C(F)(F)F)c3)c3nnn(C)n3)c(N(CC3CC3)CC3CC3)nc12. The predicted molar refractivity (Wildman–Crippen MR) is 159 cm³/mol. The lowest BCUT2D eigenvalue weighted by atomic mass is 9.98. The Bertz CT molecular complexity index is 1620. The van der Waals surface area contributed by atoms with Crippen LogP contribution in [0.1, 0.15) is 73.3 Å². The van der Waals surface area contributed by atoms with Crippen LogP contribution in [0.3, 0.4) is 0 Å². The van der Waals surface area contributed by atoms with Crippen molar-refractivity contribution in [1.29, 1.82) is 0 Å². The third kappa shape index (κ3) is 7.33. The number of nitrogens with zero attached hydrogens (tertiary/aromatic N) is 7. The monoisotopic (exact) mass is 631 g/mol. The maximum Gasteiger partial charge on any atom is 0.416 e. The highest BCUT2D eigenvalue weighted by molar-refractivity contribution is 5.85. The lowest BCUT2D eigenvalue weighted by Crippen LogP contribution is -2.32. The van der Waals surface area contributed by atoms with Crippen LogP contribution in [0.5, 0.6) is 0 Å². The Kier molecular flexibility index (Phi) is 8.15. The van der Waals surface area contributed by atoms with Crippen LogP contribution in [0.25, 0.3) is 10.9 Å². The van der Waals surface area contributed by atoms with Gasteiger partial charge in [-0.1, -0.05) is 37.1 Å². The van der Waals surface area contributed by atoms with Gasteiger partial charge in [-0.05, 0) is 84.0 Å². The minimum Gasteiger partial charge on any atom is -0.356 e. The van der Waals surface area contributed by atoms with E-state index in [0.717, 1.165) is 78.8 Å². The van der Waals surface area contributed by atoms with E-state index >= 15 is 0 Å². The van der Waals surface area contributed by atoms with Crippen LogP contribution < -0.4 is 9.80 Å². The van der Waals surface area contributed by atoms with Gasteiger partial charge in [0.2, 0.25) is 0 Å². The van der Waals surface area contributed by atoms with E-state index in [0.29, 0.717) is 11.8 Å². The molecular formula is C32H35F6N7. The average molecular weight is 632 g/mol. The van der Waals surface area contributed by atoms with Crippen LogP contribution in [0.2, 0.25) is 0 Å². The molecule has 0 spiro atoms. The Morgan fingerprint density at radius 3 is 1.98 bits per heavy atom. The first-order chi connectivity index (χ1) is 21.2. The van der Waals surface area contributed by atoms with Crippen molar-refractivity contribution in [3.05, 3.63) is 70.3 Å². The molecule has 45 heavy (non-hydrogen) atoms. The van der Waals surface area contributed by atoms with E-state index in [9.17, 15) is 26.3 Å². The lowest BCUT2D eigenvalue weighted by molar-refractivity contribution is -0.143. The molecule has 240 valence electrons. The molecule has 2 aromatic heterocycles. The van der Waals surface area contributed by atoms with Crippen LogP contribution in [-0.2, 0) is 32.5 Å². The molecule has 2 saturated carbocycles. The number of hydrogen-bond donors (Lipinski definition) is 0. The molecule has 4 aromatic rings. The van der Waals surface area contributed by atoms with E-state index in [1.807, 2.05) is 18.2 Å². The van der Waals surface area contributed by atoms with Crippen LogP contribution in [0, 0.1) is 11.8 Å². The van der Waals surface area contributed by atoms with Crippen LogP contribution >= 0.6 is 0 Å². The van der Waals surface area contributed by atoms with Crippen molar-refractivity contribution in [3.63, 3.8) is 0 Å². The molecule has 13 heteroatoms. The third-order valence-electron chi connectivity index (χ3n) is 8.37. The van der Waals surface area contributed by atoms with Crippen molar-refractivity contribution in [2.45, 2.75) is 70.9 Å². The van der Waals surface area contributed by atoms with Crippen molar-refractivity contribution in [1.82, 2.24) is 25.2 Å². The normalized spacial score (nSPS) is 15.7. The van der Waals surface area contributed by atoms with Crippen molar-refractivity contribution in [2.24, 2.45) is 18.9 Å². The summed E-state index contributed by atoms with van der Waals surface area (Å²) in [6, 6.07) is 9.68. The first-order valence-corrected chi connectivity index (χ1v) is 15.2. The van der Waals surface area contributed by atoms with E-state index in [1.165, 1.54) is 4.80 Å². The molecule has 0 N–H and O–H groups in total. The van der Waals surface area contributed by atoms with E-state index in [-0.39, 0.29) is 36.6 Å². The number of halogens is 6. The molecule has 2 aromatic carbocycles. The molecule has 7 nitrogen and oxygen atoms in total. The summed E-state index contributed by atoms with van der Waals surface area (Å²) in [6.45, 7) is 5.70. The van der Waals surface area contributed by atoms with Crippen molar-refractivity contribution < 1.29 is 26.3 Å². The molecule has 0 aliphatic heterocycles. The minimum absolute atomic E-state index is 0.0846. The smallest absolute Gasteiger partial charge is 0.356 e. The zero-order chi connectivity index (χ0) is 32.1. The van der Waals surface area contributed by atoms with Gasteiger partial charge >= 0.3 is 12.4 Å². The zero-order valence-electron chi connectivity index (χ0n) is 25.3. The quantitative estimate of drug-likeness (QED) is 0.158. The highest BCUT2D eigenvalue weighted by Crippen LogP contribution is 2.39. The summed E-state index contributed by atoms with van der Waals surface area (Å²) in [4.78, 5) is 10.3. The van der Waals surface area contributed by atoms with Crippen molar-refractivity contribution in [2.75, 3.05) is 22.9 Å². The lowest BCUT2D eigenvalue weighted by Gasteiger charge is -2.29. The number of rotatable bonds is 11. The van der Waals surface area contributed by atoms with Crippen molar-refractivity contribution in [3.8, 4) is 0 Å². The fourth-order valence-corrected chi connectivity index (χ4v) is 5.72. The van der Waals surface area contributed by atoms with E-state index < -0.39 is 23.5 Å². The molecule has 0 unspecified atom stereocenters. The summed E-state index contributed by atoms with van der Waals surface area (Å²) in [5, 5.41) is 13.2. The van der Waals surface area contributed by atoms with Gasteiger partial charge in [0.15, 0.2) is 0 Å². The molecular weight excluding hydrogens is 596 g/mol. The number of aromatic nitrogens is 5. The Morgan fingerprint density at radius 1 is 0.844 bits per heavy atom. The molecule has 0 atom stereocenters. The first kappa shape index (κ1) is 31.1. The van der Waals surface area contributed by atoms with Gasteiger partial charge < -0.3 is 9.80 Å². The zero-order valence-corrected chi connectivity index (χ0v) is 25.3. The van der Waals surface area contributed by atoms with Crippen LogP contribution in [0.4, 0.5) is 38.1 Å². The van der Waals surface area contributed by atoms with Crippen molar-refractivity contribution >= 4 is 22.7 Å². The second-order valence-electron chi connectivity index (χ2n) is 12.7. The fraction of sp³-hybridized carbons (Fsp3) is 0.500. The van der Waals surface area contributed by atoms with Gasteiger partial charge in [0.1, 0.15) is 5.82 Å². The maximum absolute atomic E-state index is 13.7. The highest BCUT2D eigenvalue weighted by atomic mass is 19.4. The third-order valence-corrected chi connectivity index (χ3v) is 8.37. The second kappa shape index (κ2) is 11.8. The number of fused-ring (bicyclic) bond motifs is 1. The Morgan fingerprint density at radius 2 is 1.47 bits per heavy atom. The van der Waals surface area contributed by atoms with Gasteiger partial charge in [0.05, 0.1) is 23.7 Å². The number of tetrazole rings is 1. The van der Waals surface area contributed by atoms with Gasteiger partial charge in [0.25, 0.3) is 5.95 Å². The topological polar surface area (TPSA) is 63.0 Å². The summed E-state index contributed by atoms with van der Waals surface area (Å²) in [6.07, 6.45) is -5.33. The number of pyridine rings is 1. The summed E-state index contributed by atoms with van der Waals surface area (Å²) < 4.78 is 82.3. The average Bonchev–Trinajstić information content (AvgIpc) is 3.90. The van der Waals surface area contributed by atoms with Gasteiger partial charge in [-0.15, -0.1) is 5.10 Å². The number of aryl methyl sites for hydroxylation is 1. The fourth-order valence-electron chi connectivity index (χ4n) is 5.72. The summed E-state index contributed by atoms with van der Waals surface area (Å²) in [5.41, 5.74) is -0.119. The number of anilines is 2. The molecule has 6 rings (SSSR count). The molecule has 2 heterocycles. The van der Waals surface area contributed by atoms with Gasteiger partial charge in [-0.25, -0.2) is 4.98 Å². The largest absolute Gasteiger partial charge is 0.416 e. The van der Waals surface area contributed by atoms with Gasteiger partial charge in [-0.2, -0.15) is 31.1 Å². The van der Waals surface area contributed by atoms with Crippen LogP contribution in [0.15, 0.2) is 42.5 Å². The Hall–Kier alpha value is -3.90. The number of para-hydroxylation sites is 1. The highest BCUT2D eigenvalue weighted by Gasteiger charge is 2.37. The number of hydrogen-bond acceptors (Lipinski definition) is 6. The molecule has 2 fully saturated rings. The maximum atomic E-state index is 13.7. The molecule has 0 radical (unpaired) electrons. The summed E-state index contributed by atoms with van der Waals surface area (Å²) in [5.74, 6) is 2.23. The number of benzene rings is 2. The van der Waals surface area contributed by atoms with Gasteiger partial charge in [-0.3, -0.25) is 0 Å². The minimum atomic E-state index is -4.96. The number of alkyl halides is 6. The van der Waals surface area contributed by atoms with Crippen LogP contribution in [-0.4, -0.2) is 38.3 Å². The molecule has 2 aliphatic carbocycles. The van der Waals surface area contributed by atoms with E-state index in [2.05, 4.69) is 40.2 Å². The second-order valence-corrected chi connectivity index (χ2v) is 12.7. The van der Waals surface area contributed by atoms with E-state index in [4.69, 9.17) is 4.98 Å². The first-order valence-electron chi connectivity index (χ1n) is 15.2. The standard InChI is InChI=1S/C32H35F6N7/c1-19(2)27-6-4-5-23-13-24(29(39-28(23)27)44(15-20-7-8-20)16-21-9-10-21)18-45(30-40-42-43(3)41-30)17-22-11-25(31(33,34)35)14-26(12-22)32(36,37)38/h4-6,11-14,19-21H,7-10,15-18H2,1-3H3. The summed E-state index contributed by atoms with van der Waals surface area (Å²) in [7, 11) is 1.55. The molecule has 0 amide bonds. The van der Waals surface area contributed by atoms with Gasteiger partial charge in [0, 0.05) is 37.1 Å². The Balaban J connectivity index is 1.46.